The Balaban J connectivity index is 1.67. The predicted octanol–water partition coefficient (Wildman–Crippen LogP) is 4.84. The lowest BCUT2D eigenvalue weighted by atomic mass is 9.93. The summed E-state index contributed by atoms with van der Waals surface area (Å²) < 4.78 is 5.50. The molecule has 2 aromatic rings. The molecule has 1 N–H and O–H groups in total. The zero-order valence-electron chi connectivity index (χ0n) is 12.5. The molecule has 2 atom stereocenters. The van der Waals surface area contributed by atoms with Gasteiger partial charge in [-0.25, -0.2) is 0 Å². The van der Waals surface area contributed by atoms with E-state index in [-0.39, 0.29) is 0 Å². The third kappa shape index (κ3) is 3.21. The van der Waals surface area contributed by atoms with Gasteiger partial charge in [-0.3, -0.25) is 0 Å². The normalized spacial score (nSPS) is 21.4. The molecular weight excluding hydrogens is 260 g/mol. The quantitative estimate of drug-likeness (QED) is 0.869. The van der Waals surface area contributed by atoms with Gasteiger partial charge in [0.25, 0.3) is 0 Å². The molecule has 1 aliphatic rings. The number of hydrogen-bond acceptors (Lipinski definition) is 2. The average Bonchev–Trinajstić information content (AvgIpc) is 2.99. The molecule has 0 bridgehead atoms. The van der Waals surface area contributed by atoms with Crippen molar-refractivity contribution in [1.82, 2.24) is 0 Å². The number of aromatic hydroxyl groups is 1. The summed E-state index contributed by atoms with van der Waals surface area (Å²) in [6.07, 6.45) is 3.65. The molecule has 1 saturated carbocycles. The zero-order valence-corrected chi connectivity index (χ0v) is 12.5. The molecule has 0 spiro atoms. The molecule has 0 amide bonds. The van der Waals surface area contributed by atoms with Gasteiger partial charge in [0.05, 0.1) is 6.61 Å². The minimum absolute atomic E-state index is 0.347. The fourth-order valence-electron chi connectivity index (χ4n) is 3.34. The molecule has 0 radical (unpaired) electrons. The van der Waals surface area contributed by atoms with Gasteiger partial charge in [0.15, 0.2) is 0 Å². The summed E-state index contributed by atoms with van der Waals surface area (Å²) in [7, 11) is 0. The number of benzene rings is 2. The Bertz CT molecular complexity index is 572. The van der Waals surface area contributed by atoms with Crippen LogP contribution in [0.2, 0.25) is 0 Å². The van der Waals surface area contributed by atoms with Crippen LogP contribution in [-0.2, 0) is 0 Å². The Labute approximate surface area is 126 Å². The van der Waals surface area contributed by atoms with Crippen molar-refractivity contribution >= 4 is 0 Å². The number of ether oxygens (including phenoxy) is 1. The van der Waals surface area contributed by atoms with Gasteiger partial charge < -0.3 is 9.84 Å². The van der Waals surface area contributed by atoms with Gasteiger partial charge in [-0.2, -0.15) is 0 Å². The highest BCUT2D eigenvalue weighted by Gasteiger charge is 2.26. The van der Waals surface area contributed by atoms with Crippen molar-refractivity contribution in [2.24, 2.45) is 0 Å². The maximum Gasteiger partial charge on any atom is 0.119 e. The summed E-state index contributed by atoms with van der Waals surface area (Å²) in [6.45, 7) is 2.72. The molecule has 0 unspecified atom stereocenters. The van der Waals surface area contributed by atoms with Crippen molar-refractivity contribution in [2.45, 2.75) is 38.0 Å². The molecule has 0 aromatic heterocycles. The van der Waals surface area contributed by atoms with Gasteiger partial charge in [-0.1, -0.05) is 24.3 Å². The first kappa shape index (κ1) is 14.0. The first-order valence-corrected chi connectivity index (χ1v) is 7.78. The van der Waals surface area contributed by atoms with Crippen LogP contribution in [0.1, 0.15) is 49.1 Å². The number of hydrogen-bond donors (Lipinski definition) is 1. The van der Waals surface area contributed by atoms with Gasteiger partial charge in [0.1, 0.15) is 11.5 Å². The Kier molecular flexibility index (Phi) is 4.14. The summed E-state index contributed by atoms with van der Waals surface area (Å²) in [5.74, 6) is 2.55. The van der Waals surface area contributed by atoms with Crippen LogP contribution in [0, 0.1) is 0 Å². The topological polar surface area (TPSA) is 29.5 Å². The lowest BCUT2D eigenvalue weighted by Crippen LogP contribution is -1.96. The van der Waals surface area contributed by atoms with E-state index in [1.165, 1.54) is 30.4 Å². The van der Waals surface area contributed by atoms with Crippen molar-refractivity contribution in [2.75, 3.05) is 6.61 Å². The van der Waals surface area contributed by atoms with Crippen molar-refractivity contribution in [3.8, 4) is 11.5 Å². The van der Waals surface area contributed by atoms with E-state index in [1.54, 1.807) is 12.1 Å². The summed E-state index contributed by atoms with van der Waals surface area (Å²) in [5, 5.41) is 9.39. The first-order valence-electron chi connectivity index (χ1n) is 7.78. The molecule has 0 aliphatic heterocycles. The van der Waals surface area contributed by atoms with Crippen molar-refractivity contribution in [3.63, 3.8) is 0 Å². The van der Waals surface area contributed by atoms with Gasteiger partial charge in [-0.05, 0) is 73.4 Å². The van der Waals surface area contributed by atoms with E-state index in [0.29, 0.717) is 24.2 Å². The zero-order chi connectivity index (χ0) is 14.7. The van der Waals surface area contributed by atoms with E-state index in [2.05, 4.69) is 36.4 Å². The van der Waals surface area contributed by atoms with Gasteiger partial charge in [0.2, 0.25) is 0 Å². The Morgan fingerprint density at radius 3 is 1.95 bits per heavy atom. The summed E-state index contributed by atoms with van der Waals surface area (Å²) >= 11 is 0. The highest BCUT2D eigenvalue weighted by atomic mass is 16.5. The van der Waals surface area contributed by atoms with Crippen LogP contribution in [0.15, 0.2) is 48.5 Å². The molecule has 3 rings (SSSR count). The van der Waals surface area contributed by atoms with E-state index >= 15 is 0 Å². The van der Waals surface area contributed by atoms with E-state index in [9.17, 15) is 5.11 Å². The monoisotopic (exact) mass is 282 g/mol. The van der Waals surface area contributed by atoms with Crippen LogP contribution in [0.5, 0.6) is 11.5 Å². The molecule has 1 fully saturated rings. The summed E-state index contributed by atoms with van der Waals surface area (Å²) in [4.78, 5) is 0. The van der Waals surface area contributed by atoms with Gasteiger partial charge in [0, 0.05) is 0 Å². The van der Waals surface area contributed by atoms with Crippen LogP contribution in [-0.4, -0.2) is 11.7 Å². The second-order valence-electron chi connectivity index (χ2n) is 5.80. The van der Waals surface area contributed by atoms with E-state index in [1.807, 2.05) is 6.92 Å². The van der Waals surface area contributed by atoms with E-state index in [4.69, 9.17) is 4.74 Å². The largest absolute Gasteiger partial charge is 0.508 e. The minimum atomic E-state index is 0.347. The van der Waals surface area contributed by atoms with Crippen molar-refractivity contribution in [3.05, 3.63) is 59.7 Å². The average molecular weight is 282 g/mol. The molecule has 2 aromatic carbocycles. The van der Waals surface area contributed by atoms with Crippen LogP contribution in [0.25, 0.3) is 0 Å². The van der Waals surface area contributed by atoms with Gasteiger partial charge >= 0.3 is 0 Å². The number of rotatable bonds is 4. The van der Waals surface area contributed by atoms with Crippen LogP contribution in [0.4, 0.5) is 0 Å². The second kappa shape index (κ2) is 6.21. The second-order valence-corrected chi connectivity index (χ2v) is 5.80. The van der Waals surface area contributed by atoms with Crippen molar-refractivity contribution in [1.29, 1.82) is 0 Å². The highest BCUT2D eigenvalue weighted by Crippen LogP contribution is 2.43. The smallest absolute Gasteiger partial charge is 0.119 e. The standard InChI is InChI=1S/C19H22O2/c1-2-21-19-11-7-15(8-12-19)17-4-3-16(13-17)14-5-9-18(20)10-6-14/h5-12,16-17,20H,2-4,13H2,1H3/t16-,17+/m1/s1. The molecule has 0 saturated heterocycles. The maximum absolute atomic E-state index is 9.39. The van der Waals surface area contributed by atoms with Gasteiger partial charge in [-0.15, -0.1) is 0 Å². The van der Waals surface area contributed by atoms with E-state index < -0.39 is 0 Å². The fraction of sp³-hybridized carbons (Fsp3) is 0.368. The minimum Gasteiger partial charge on any atom is -0.508 e. The van der Waals surface area contributed by atoms with Crippen LogP contribution < -0.4 is 4.74 Å². The molecule has 1 aliphatic carbocycles. The number of phenolic OH excluding ortho intramolecular Hbond substituents is 1. The highest BCUT2D eigenvalue weighted by molar-refractivity contribution is 5.33. The Hall–Kier alpha value is -1.96. The van der Waals surface area contributed by atoms with Crippen LogP contribution >= 0.6 is 0 Å². The lowest BCUT2D eigenvalue weighted by molar-refractivity contribution is 0.340. The maximum atomic E-state index is 9.39. The van der Waals surface area contributed by atoms with Crippen LogP contribution in [0.3, 0.4) is 0 Å². The molecule has 21 heavy (non-hydrogen) atoms. The third-order valence-corrected chi connectivity index (χ3v) is 4.46. The molecule has 0 heterocycles. The predicted molar refractivity (Wildman–Crippen MR) is 85.1 cm³/mol. The summed E-state index contributed by atoms with van der Waals surface area (Å²) in [5.41, 5.74) is 2.76. The number of phenols is 1. The molecule has 110 valence electrons. The lowest BCUT2D eigenvalue weighted by Gasteiger charge is -2.13. The fourth-order valence-corrected chi connectivity index (χ4v) is 3.34. The third-order valence-electron chi connectivity index (χ3n) is 4.46. The molecule has 2 heteroatoms. The SMILES string of the molecule is CCOc1ccc([C@H]2CC[C@@H](c3ccc(O)cc3)C2)cc1. The van der Waals surface area contributed by atoms with Crippen molar-refractivity contribution < 1.29 is 9.84 Å². The summed E-state index contributed by atoms with van der Waals surface area (Å²) in [6, 6.07) is 16.3. The first-order chi connectivity index (χ1) is 10.3. The molecule has 2 nitrogen and oxygen atoms in total. The molecular formula is C19H22O2. The Morgan fingerprint density at radius 2 is 1.43 bits per heavy atom. The Morgan fingerprint density at radius 1 is 0.905 bits per heavy atom. The van der Waals surface area contributed by atoms with E-state index in [0.717, 1.165) is 5.75 Å².